The summed E-state index contributed by atoms with van der Waals surface area (Å²) in [5, 5.41) is 8.96. The molecule has 0 spiro atoms. The molecule has 2 rings (SSSR count). The number of aromatic amines is 1. The number of nitrogens with one attached hydrogen (secondary N) is 2. The molecule has 0 atom stereocenters. The zero-order valence-electron chi connectivity index (χ0n) is 10.5. The molecule has 2 aromatic rings. The zero-order valence-corrected chi connectivity index (χ0v) is 11.3. The van der Waals surface area contributed by atoms with Crippen LogP contribution in [0.3, 0.4) is 0 Å². The molecule has 7 heteroatoms. The summed E-state index contributed by atoms with van der Waals surface area (Å²) in [5.74, 6) is 0.317. The highest BCUT2D eigenvalue weighted by Gasteiger charge is 2.03. The van der Waals surface area contributed by atoms with Crippen LogP contribution in [0.15, 0.2) is 35.3 Å². The van der Waals surface area contributed by atoms with Gasteiger partial charge in [0.1, 0.15) is 16.6 Å². The van der Waals surface area contributed by atoms with Gasteiger partial charge in [-0.2, -0.15) is 5.10 Å². The Morgan fingerprint density at radius 1 is 1.35 bits per heavy atom. The lowest BCUT2D eigenvalue weighted by molar-refractivity contribution is 0.314. The SMILES string of the molecule is O=c1[nH]ncc(NCCCOc2ccc(F)cc2)c1Cl. The number of H-pyrrole nitrogens is 1. The summed E-state index contributed by atoms with van der Waals surface area (Å²) >= 11 is 5.80. The van der Waals surface area contributed by atoms with Crippen molar-refractivity contribution >= 4 is 17.3 Å². The van der Waals surface area contributed by atoms with E-state index in [-0.39, 0.29) is 10.8 Å². The van der Waals surface area contributed by atoms with E-state index in [0.29, 0.717) is 31.0 Å². The van der Waals surface area contributed by atoms with Gasteiger partial charge in [-0.15, -0.1) is 0 Å². The predicted molar refractivity (Wildman–Crippen MR) is 74.9 cm³/mol. The van der Waals surface area contributed by atoms with Gasteiger partial charge in [0.15, 0.2) is 0 Å². The molecule has 0 aliphatic rings. The van der Waals surface area contributed by atoms with Gasteiger partial charge >= 0.3 is 0 Å². The van der Waals surface area contributed by atoms with Gasteiger partial charge in [0.2, 0.25) is 0 Å². The number of benzene rings is 1. The van der Waals surface area contributed by atoms with Crippen LogP contribution in [0, 0.1) is 5.82 Å². The molecule has 1 aromatic carbocycles. The molecule has 5 nitrogen and oxygen atoms in total. The third-order valence-corrected chi connectivity index (χ3v) is 2.89. The molecule has 1 aromatic heterocycles. The maximum absolute atomic E-state index is 12.7. The molecule has 0 amide bonds. The quantitative estimate of drug-likeness (QED) is 0.804. The summed E-state index contributed by atoms with van der Waals surface area (Å²) < 4.78 is 18.1. The second-order valence-electron chi connectivity index (χ2n) is 4.01. The highest BCUT2D eigenvalue weighted by atomic mass is 35.5. The van der Waals surface area contributed by atoms with Crippen molar-refractivity contribution < 1.29 is 9.13 Å². The zero-order chi connectivity index (χ0) is 14.4. The van der Waals surface area contributed by atoms with Crippen molar-refractivity contribution in [1.82, 2.24) is 10.2 Å². The Bertz CT molecular complexity index is 616. The number of rotatable bonds is 6. The van der Waals surface area contributed by atoms with Gasteiger partial charge in [0.25, 0.3) is 5.56 Å². The molecule has 20 heavy (non-hydrogen) atoms. The second-order valence-corrected chi connectivity index (χ2v) is 4.39. The van der Waals surface area contributed by atoms with E-state index in [9.17, 15) is 9.18 Å². The smallest absolute Gasteiger partial charge is 0.285 e. The molecule has 0 fully saturated rings. The van der Waals surface area contributed by atoms with Crippen LogP contribution < -0.4 is 15.6 Å². The molecule has 2 N–H and O–H groups in total. The van der Waals surface area contributed by atoms with Gasteiger partial charge in [-0.05, 0) is 30.7 Å². The number of anilines is 1. The standard InChI is InChI=1S/C13H13ClFN3O2/c14-12-11(8-17-18-13(12)19)16-6-1-7-20-10-4-2-9(15)3-5-10/h2-5,8H,1,6-7H2,(H2,16,18,19). The maximum atomic E-state index is 12.7. The van der Waals surface area contributed by atoms with Crippen LogP contribution in [0.25, 0.3) is 0 Å². The molecule has 0 radical (unpaired) electrons. The normalized spacial score (nSPS) is 10.3. The fourth-order valence-electron chi connectivity index (χ4n) is 1.52. The Morgan fingerprint density at radius 3 is 2.85 bits per heavy atom. The summed E-state index contributed by atoms with van der Waals surface area (Å²) in [4.78, 5) is 11.2. The summed E-state index contributed by atoms with van der Waals surface area (Å²) in [6, 6.07) is 5.82. The summed E-state index contributed by atoms with van der Waals surface area (Å²) in [5.41, 5.74) is 0.0522. The fourth-order valence-corrected chi connectivity index (χ4v) is 1.68. The monoisotopic (exact) mass is 297 g/mol. The molecular weight excluding hydrogens is 285 g/mol. The minimum Gasteiger partial charge on any atom is -0.494 e. The Labute approximate surface area is 119 Å². The van der Waals surface area contributed by atoms with E-state index in [1.165, 1.54) is 18.3 Å². The van der Waals surface area contributed by atoms with E-state index in [1.54, 1.807) is 12.1 Å². The Hall–Kier alpha value is -2.08. The van der Waals surface area contributed by atoms with Gasteiger partial charge in [0.05, 0.1) is 18.5 Å². The predicted octanol–water partition coefficient (Wildman–Crippen LogP) is 2.44. The van der Waals surface area contributed by atoms with Crippen LogP contribution in [-0.4, -0.2) is 23.3 Å². The number of nitrogens with zero attached hydrogens (tertiary/aromatic N) is 1. The molecular formula is C13H13ClFN3O2. The highest BCUT2D eigenvalue weighted by molar-refractivity contribution is 6.32. The summed E-state index contributed by atoms with van der Waals surface area (Å²) in [6.07, 6.45) is 2.14. The number of ether oxygens (including phenoxy) is 1. The van der Waals surface area contributed by atoms with Crippen molar-refractivity contribution in [2.75, 3.05) is 18.5 Å². The van der Waals surface area contributed by atoms with Crippen LogP contribution in [0.2, 0.25) is 5.02 Å². The lowest BCUT2D eigenvalue weighted by Crippen LogP contribution is -2.13. The molecule has 0 bridgehead atoms. The first-order valence-corrected chi connectivity index (χ1v) is 6.40. The Balaban J connectivity index is 1.73. The topological polar surface area (TPSA) is 67.0 Å². The highest BCUT2D eigenvalue weighted by Crippen LogP contribution is 2.14. The van der Waals surface area contributed by atoms with Crippen LogP contribution in [-0.2, 0) is 0 Å². The van der Waals surface area contributed by atoms with E-state index in [1.807, 2.05) is 0 Å². The number of hydrogen-bond donors (Lipinski definition) is 2. The molecule has 0 aliphatic heterocycles. The fraction of sp³-hybridized carbons (Fsp3) is 0.231. The van der Waals surface area contributed by atoms with Gasteiger partial charge in [-0.25, -0.2) is 9.49 Å². The Morgan fingerprint density at radius 2 is 2.10 bits per heavy atom. The number of hydrogen-bond acceptors (Lipinski definition) is 4. The van der Waals surface area contributed by atoms with Gasteiger partial charge in [-0.3, -0.25) is 4.79 Å². The largest absolute Gasteiger partial charge is 0.494 e. The van der Waals surface area contributed by atoms with E-state index < -0.39 is 5.56 Å². The molecule has 0 saturated carbocycles. The van der Waals surface area contributed by atoms with E-state index in [0.717, 1.165) is 0 Å². The van der Waals surface area contributed by atoms with E-state index in [4.69, 9.17) is 16.3 Å². The van der Waals surface area contributed by atoms with Gasteiger partial charge in [-0.1, -0.05) is 11.6 Å². The lowest BCUT2D eigenvalue weighted by atomic mass is 10.3. The first-order chi connectivity index (χ1) is 9.66. The maximum Gasteiger partial charge on any atom is 0.285 e. The van der Waals surface area contributed by atoms with Crippen LogP contribution in [0.4, 0.5) is 10.1 Å². The van der Waals surface area contributed by atoms with Crippen molar-refractivity contribution in [3.63, 3.8) is 0 Å². The first kappa shape index (κ1) is 14.3. The molecule has 106 valence electrons. The van der Waals surface area contributed by atoms with E-state index in [2.05, 4.69) is 15.5 Å². The molecule has 0 aliphatic carbocycles. The van der Waals surface area contributed by atoms with Crippen molar-refractivity contribution in [2.45, 2.75) is 6.42 Å². The van der Waals surface area contributed by atoms with Gasteiger partial charge in [0, 0.05) is 6.54 Å². The van der Waals surface area contributed by atoms with Crippen molar-refractivity contribution in [1.29, 1.82) is 0 Å². The Kier molecular flexibility index (Phi) is 4.95. The van der Waals surface area contributed by atoms with Crippen LogP contribution in [0.1, 0.15) is 6.42 Å². The molecule has 1 heterocycles. The van der Waals surface area contributed by atoms with E-state index >= 15 is 0 Å². The third kappa shape index (κ3) is 3.96. The molecule has 0 unspecified atom stereocenters. The number of aromatic nitrogens is 2. The van der Waals surface area contributed by atoms with Crippen molar-refractivity contribution in [3.8, 4) is 5.75 Å². The summed E-state index contributed by atoms with van der Waals surface area (Å²) in [6.45, 7) is 1.04. The minimum atomic E-state index is -0.431. The first-order valence-electron chi connectivity index (χ1n) is 6.02. The lowest BCUT2D eigenvalue weighted by Gasteiger charge is -2.08. The summed E-state index contributed by atoms with van der Waals surface area (Å²) in [7, 11) is 0. The average molecular weight is 298 g/mol. The third-order valence-electron chi connectivity index (χ3n) is 2.51. The van der Waals surface area contributed by atoms with Crippen LogP contribution >= 0.6 is 11.6 Å². The van der Waals surface area contributed by atoms with Crippen LogP contribution in [0.5, 0.6) is 5.75 Å². The molecule has 0 saturated heterocycles. The second kappa shape index (κ2) is 6.91. The minimum absolute atomic E-state index is 0.0828. The van der Waals surface area contributed by atoms with Gasteiger partial charge < -0.3 is 10.1 Å². The number of halogens is 2. The van der Waals surface area contributed by atoms with Crippen molar-refractivity contribution in [3.05, 3.63) is 51.7 Å². The van der Waals surface area contributed by atoms with Crippen molar-refractivity contribution in [2.24, 2.45) is 0 Å². The average Bonchev–Trinajstić information content (AvgIpc) is 2.45.